The van der Waals surface area contributed by atoms with Crippen molar-refractivity contribution >= 4 is 5.82 Å². The third-order valence-electron chi connectivity index (χ3n) is 1.59. The minimum atomic E-state index is -4.34. The fourth-order valence-electron chi connectivity index (χ4n) is 0.993. The van der Waals surface area contributed by atoms with E-state index in [-0.39, 0.29) is 5.88 Å². The smallest absolute Gasteiger partial charge is 0.422 e. The van der Waals surface area contributed by atoms with Crippen molar-refractivity contribution in [2.24, 2.45) is 0 Å². The first-order valence-electron chi connectivity index (χ1n) is 4.27. The van der Waals surface area contributed by atoms with Gasteiger partial charge in [0.2, 0.25) is 5.88 Å². The molecule has 0 saturated heterocycles. The molecule has 0 bridgehead atoms. The molecule has 84 valence electrons. The minimum Gasteiger partial charge on any atom is -0.468 e. The summed E-state index contributed by atoms with van der Waals surface area (Å²) in [4.78, 5) is 3.82. The molecule has 0 aromatic carbocycles. The molecule has 0 aliphatic heterocycles. The molecule has 0 amide bonds. The van der Waals surface area contributed by atoms with Crippen molar-refractivity contribution in [1.29, 1.82) is 0 Å². The van der Waals surface area contributed by atoms with E-state index in [0.29, 0.717) is 5.82 Å². The van der Waals surface area contributed by atoms with Crippen LogP contribution in [-0.4, -0.2) is 24.8 Å². The lowest BCUT2D eigenvalue weighted by atomic mass is 10.3. The normalized spacial score (nSPS) is 11.3. The van der Waals surface area contributed by atoms with Gasteiger partial charge in [-0.05, 0) is 18.6 Å². The quantitative estimate of drug-likeness (QED) is 0.849. The molecule has 0 unspecified atom stereocenters. The summed E-state index contributed by atoms with van der Waals surface area (Å²) in [7, 11) is 1.63. The van der Waals surface area contributed by atoms with Crippen molar-refractivity contribution in [3.63, 3.8) is 0 Å². The Bertz CT molecular complexity index is 339. The Morgan fingerprint density at radius 3 is 2.60 bits per heavy atom. The van der Waals surface area contributed by atoms with Crippen LogP contribution in [0, 0.1) is 6.92 Å². The van der Waals surface area contributed by atoms with E-state index in [9.17, 15) is 13.2 Å². The number of alkyl halides is 3. The molecule has 1 N–H and O–H groups in total. The number of pyridine rings is 1. The van der Waals surface area contributed by atoms with Gasteiger partial charge in [-0.3, -0.25) is 0 Å². The highest BCUT2D eigenvalue weighted by molar-refractivity contribution is 5.40. The molecule has 0 aliphatic carbocycles. The number of hydrogen-bond acceptors (Lipinski definition) is 3. The van der Waals surface area contributed by atoms with Gasteiger partial charge < -0.3 is 10.1 Å². The second kappa shape index (κ2) is 4.37. The van der Waals surface area contributed by atoms with E-state index in [2.05, 4.69) is 15.0 Å². The van der Waals surface area contributed by atoms with Crippen LogP contribution < -0.4 is 10.1 Å². The number of aryl methyl sites for hydroxylation is 1. The fraction of sp³-hybridized carbons (Fsp3) is 0.444. The van der Waals surface area contributed by atoms with Crippen molar-refractivity contribution in [3.05, 3.63) is 17.7 Å². The molecule has 3 nitrogen and oxygen atoms in total. The maximum Gasteiger partial charge on any atom is 0.422 e. The Labute approximate surface area is 85.3 Å². The van der Waals surface area contributed by atoms with Crippen LogP contribution in [0.4, 0.5) is 19.0 Å². The summed E-state index contributed by atoms with van der Waals surface area (Å²) >= 11 is 0. The van der Waals surface area contributed by atoms with Gasteiger partial charge in [-0.15, -0.1) is 0 Å². The van der Waals surface area contributed by atoms with E-state index >= 15 is 0 Å². The highest BCUT2D eigenvalue weighted by atomic mass is 19.4. The summed E-state index contributed by atoms with van der Waals surface area (Å²) in [6.45, 7) is 0.426. The Morgan fingerprint density at radius 2 is 2.07 bits per heavy atom. The molecular weight excluding hydrogens is 209 g/mol. The second-order valence-corrected chi connectivity index (χ2v) is 3.02. The largest absolute Gasteiger partial charge is 0.468 e. The second-order valence-electron chi connectivity index (χ2n) is 3.02. The molecule has 0 atom stereocenters. The fourth-order valence-corrected chi connectivity index (χ4v) is 0.993. The number of ether oxygens (including phenoxy) is 1. The summed E-state index contributed by atoms with van der Waals surface area (Å²) < 4.78 is 40.1. The molecule has 6 heteroatoms. The zero-order chi connectivity index (χ0) is 11.5. The average Bonchev–Trinajstić information content (AvgIpc) is 2.13. The zero-order valence-corrected chi connectivity index (χ0v) is 8.35. The van der Waals surface area contributed by atoms with Crippen LogP contribution >= 0.6 is 0 Å². The molecule has 1 heterocycles. The highest BCUT2D eigenvalue weighted by Crippen LogP contribution is 2.19. The van der Waals surface area contributed by atoms with Crippen LogP contribution in [0.2, 0.25) is 0 Å². The third-order valence-corrected chi connectivity index (χ3v) is 1.59. The average molecular weight is 220 g/mol. The number of rotatable bonds is 3. The molecule has 15 heavy (non-hydrogen) atoms. The van der Waals surface area contributed by atoms with Crippen LogP contribution in [0.1, 0.15) is 5.56 Å². The van der Waals surface area contributed by atoms with E-state index in [1.807, 2.05) is 0 Å². The summed E-state index contributed by atoms with van der Waals surface area (Å²) in [6.07, 6.45) is -4.34. The van der Waals surface area contributed by atoms with E-state index in [1.54, 1.807) is 20.0 Å². The number of nitrogens with zero attached hydrogens (tertiary/aromatic N) is 1. The zero-order valence-electron chi connectivity index (χ0n) is 8.35. The van der Waals surface area contributed by atoms with Gasteiger partial charge >= 0.3 is 6.18 Å². The van der Waals surface area contributed by atoms with Gasteiger partial charge in [-0.2, -0.15) is 18.2 Å². The molecule has 0 saturated carbocycles. The molecule has 0 radical (unpaired) electrons. The van der Waals surface area contributed by atoms with Gasteiger partial charge in [0.05, 0.1) is 0 Å². The van der Waals surface area contributed by atoms with Crippen LogP contribution in [0.3, 0.4) is 0 Å². The molecule has 0 spiro atoms. The van der Waals surface area contributed by atoms with Crippen molar-refractivity contribution in [3.8, 4) is 5.88 Å². The SMILES string of the molecule is CNc1cc(C)cc(OCC(F)(F)F)n1. The Kier molecular flexibility index (Phi) is 3.39. The molecule has 1 aromatic rings. The predicted octanol–water partition coefficient (Wildman–Crippen LogP) is 2.37. The predicted molar refractivity (Wildman–Crippen MR) is 50.1 cm³/mol. The lowest BCUT2D eigenvalue weighted by Gasteiger charge is -2.10. The van der Waals surface area contributed by atoms with Crippen LogP contribution in [0.25, 0.3) is 0 Å². The first-order valence-corrected chi connectivity index (χ1v) is 4.27. The van der Waals surface area contributed by atoms with Crippen molar-refractivity contribution in [2.75, 3.05) is 19.0 Å². The van der Waals surface area contributed by atoms with Gasteiger partial charge in [0.1, 0.15) is 5.82 Å². The molecule has 1 aromatic heterocycles. The van der Waals surface area contributed by atoms with E-state index in [0.717, 1.165) is 5.56 Å². The Morgan fingerprint density at radius 1 is 1.40 bits per heavy atom. The highest BCUT2D eigenvalue weighted by Gasteiger charge is 2.28. The van der Waals surface area contributed by atoms with E-state index in [1.165, 1.54) is 6.07 Å². The van der Waals surface area contributed by atoms with Crippen molar-refractivity contribution in [2.45, 2.75) is 13.1 Å². The lowest BCUT2D eigenvalue weighted by Crippen LogP contribution is -2.19. The number of anilines is 1. The number of halogens is 3. The van der Waals surface area contributed by atoms with Gasteiger partial charge in [-0.1, -0.05) is 0 Å². The van der Waals surface area contributed by atoms with Gasteiger partial charge in [0.15, 0.2) is 6.61 Å². The summed E-state index contributed by atoms with van der Waals surface area (Å²) in [5, 5.41) is 2.73. The molecule has 1 rings (SSSR count). The molecule has 0 fully saturated rings. The van der Waals surface area contributed by atoms with E-state index in [4.69, 9.17) is 0 Å². The Hall–Kier alpha value is -1.46. The van der Waals surface area contributed by atoms with Crippen molar-refractivity contribution < 1.29 is 17.9 Å². The maximum absolute atomic E-state index is 11.9. The first-order chi connectivity index (χ1) is 6.90. The van der Waals surface area contributed by atoms with Gasteiger partial charge in [0, 0.05) is 13.1 Å². The number of hydrogen-bond donors (Lipinski definition) is 1. The monoisotopic (exact) mass is 220 g/mol. The third kappa shape index (κ3) is 4.05. The summed E-state index contributed by atoms with van der Waals surface area (Å²) in [6, 6.07) is 3.16. The standard InChI is InChI=1S/C9H11F3N2O/c1-6-3-7(13-2)14-8(4-6)15-5-9(10,11)12/h3-4H,5H2,1-2H3,(H,13,14). The van der Waals surface area contributed by atoms with Gasteiger partial charge in [-0.25, -0.2) is 0 Å². The topological polar surface area (TPSA) is 34.1 Å². The van der Waals surface area contributed by atoms with Crippen molar-refractivity contribution in [1.82, 2.24) is 4.98 Å². The first kappa shape index (κ1) is 11.6. The Balaban J connectivity index is 2.73. The minimum absolute atomic E-state index is 0.0309. The van der Waals surface area contributed by atoms with Crippen LogP contribution in [0.15, 0.2) is 12.1 Å². The van der Waals surface area contributed by atoms with Crippen LogP contribution in [0.5, 0.6) is 5.88 Å². The molecular formula is C9H11F3N2O. The number of nitrogens with one attached hydrogen (secondary N) is 1. The maximum atomic E-state index is 11.9. The number of aromatic nitrogens is 1. The summed E-state index contributed by atoms with van der Waals surface area (Å²) in [5.74, 6) is 0.448. The lowest BCUT2D eigenvalue weighted by molar-refractivity contribution is -0.154. The molecule has 0 aliphatic rings. The van der Waals surface area contributed by atoms with Gasteiger partial charge in [0.25, 0.3) is 0 Å². The van der Waals surface area contributed by atoms with E-state index < -0.39 is 12.8 Å². The summed E-state index contributed by atoms with van der Waals surface area (Å²) in [5.41, 5.74) is 0.784. The van der Waals surface area contributed by atoms with Crippen LogP contribution in [-0.2, 0) is 0 Å².